The summed E-state index contributed by atoms with van der Waals surface area (Å²) in [5, 5.41) is 8.45. The molecule has 0 aromatic rings. The molecule has 1 rings (SSSR count). The predicted octanol–water partition coefficient (Wildman–Crippen LogP) is 2.73. The molecule has 10 heavy (non-hydrogen) atoms. The zero-order valence-electron chi connectivity index (χ0n) is 6.64. The predicted molar refractivity (Wildman–Crippen MR) is 41.4 cm³/mol. The Hall–Kier alpha value is -0.510. The average molecular weight is 137 g/mol. The summed E-state index contributed by atoms with van der Waals surface area (Å²) in [5.74, 6) is 1.51. The SMILES string of the molecule is CC(CC#N)C1CCCC1. The van der Waals surface area contributed by atoms with Gasteiger partial charge in [0.15, 0.2) is 0 Å². The molecule has 0 aromatic heterocycles. The largest absolute Gasteiger partial charge is 0.198 e. The maximum Gasteiger partial charge on any atom is 0.0624 e. The quantitative estimate of drug-likeness (QED) is 0.574. The molecular formula is C9H15N. The third-order valence-electron chi connectivity index (χ3n) is 2.62. The Balaban J connectivity index is 2.26. The third kappa shape index (κ3) is 1.73. The highest BCUT2D eigenvalue weighted by atomic mass is 14.3. The van der Waals surface area contributed by atoms with Crippen molar-refractivity contribution in [2.45, 2.75) is 39.0 Å². The maximum absolute atomic E-state index is 8.45. The first kappa shape index (κ1) is 7.60. The van der Waals surface area contributed by atoms with E-state index < -0.39 is 0 Å². The third-order valence-corrected chi connectivity index (χ3v) is 2.62. The van der Waals surface area contributed by atoms with Gasteiger partial charge in [0.05, 0.1) is 6.07 Å². The van der Waals surface area contributed by atoms with Crippen molar-refractivity contribution in [2.75, 3.05) is 0 Å². The second-order valence-electron chi connectivity index (χ2n) is 3.38. The van der Waals surface area contributed by atoms with Gasteiger partial charge in [-0.2, -0.15) is 5.26 Å². The summed E-state index contributed by atoms with van der Waals surface area (Å²) >= 11 is 0. The molecule has 0 saturated heterocycles. The van der Waals surface area contributed by atoms with E-state index in [-0.39, 0.29) is 0 Å². The lowest BCUT2D eigenvalue weighted by atomic mass is 9.90. The van der Waals surface area contributed by atoms with E-state index >= 15 is 0 Å². The Labute approximate surface area is 63.0 Å². The molecule has 0 bridgehead atoms. The first-order chi connectivity index (χ1) is 4.84. The van der Waals surface area contributed by atoms with Gasteiger partial charge >= 0.3 is 0 Å². The average Bonchev–Trinajstić information content (AvgIpc) is 2.38. The van der Waals surface area contributed by atoms with Gasteiger partial charge in [-0.25, -0.2) is 0 Å². The highest BCUT2D eigenvalue weighted by Crippen LogP contribution is 2.32. The lowest BCUT2D eigenvalue weighted by Crippen LogP contribution is -2.05. The molecule has 1 fully saturated rings. The van der Waals surface area contributed by atoms with Crippen LogP contribution in [0.15, 0.2) is 0 Å². The molecule has 0 aromatic carbocycles. The lowest BCUT2D eigenvalue weighted by molar-refractivity contribution is 0.373. The number of nitrogens with zero attached hydrogens (tertiary/aromatic N) is 1. The minimum absolute atomic E-state index is 0.646. The van der Waals surface area contributed by atoms with Crippen molar-refractivity contribution in [1.82, 2.24) is 0 Å². The molecule has 1 atom stereocenters. The van der Waals surface area contributed by atoms with Crippen molar-refractivity contribution in [2.24, 2.45) is 11.8 Å². The van der Waals surface area contributed by atoms with Gasteiger partial charge in [-0.05, 0) is 11.8 Å². The van der Waals surface area contributed by atoms with Crippen LogP contribution in [0, 0.1) is 23.2 Å². The fraction of sp³-hybridized carbons (Fsp3) is 0.889. The fourth-order valence-electron chi connectivity index (χ4n) is 1.84. The topological polar surface area (TPSA) is 23.8 Å². The first-order valence-electron chi connectivity index (χ1n) is 4.21. The highest BCUT2D eigenvalue weighted by molar-refractivity contribution is 4.80. The Bertz CT molecular complexity index is 128. The molecule has 1 heteroatoms. The van der Waals surface area contributed by atoms with E-state index in [2.05, 4.69) is 13.0 Å². The van der Waals surface area contributed by atoms with E-state index in [0.717, 1.165) is 12.3 Å². The van der Waals surface area contributed by atoms with Crippen LogP contribution in [0.1, 0.15) is 39.0 Å². The Morgan fingerprint density at radius 3 is 2.60 bits per heavy atom. The van der Waals surface area contributed by atoms with Gasteiger partial charge in [0.25, 0.3) is 0 Å². The van der Waals surface area contributed by atoms with Gasteiger partial charge < -0.3 is 0 Å². The number of hydrogen-bond acceptors (Lipinski definition) is 1. The molecule has 0 aliphatic heterocycles. The van der Waals surface area contributed by atoms with Gasteiger partial charge in [0, 0.05) is 6.42 Å². The summed E-state index contributed by atoms with van der Waals surface area (Å²) in [6.07, 6.45) is 6.26. The van der Waals surface area contributed by atoms with Crippen molar-refractivity contribution in [3.8, 4) is 6.07 Å². The highest BCUT2D eigenvalue weighted by Gasteiger charge is 2.20. The summed E-state index contributed by atoms with van der Waals surface area (Å²) in [6.45, 7) is 2.21. The van der Waals surface area contributed by atoms with Crippen LogP contribution in [0.3, 0.4) is 0 Å². The van der Waals surface area contributed by atoms with Crippen LogP contribution in [0.5, 0.6) is 0 Å². The van der Waals surface area contributed by atoms with Crippen LogP contribution in [-0.4, -0.2) is 0 Å². The monoisotopic (exact) mass is 137 g/mol. The van der Waals surface area contributed by atoms with E-state index in [9.17, 15) is 0 Å². The fourth-order valence-corrected chi connectivity index (χ4v) is 1.84. The zero-order valence-corrected chi connectivity index (χ0v) is 6.64. The van der Waals surface area contributed by atoms with Gasteiger partial charge in [0.2, 0.25) is 0 Å². The van der Waals surface area contributed by atoms with Gasteiger partial charge in [-0.15, -0.1) is 0 Å². The molecule has 56 valence electrons. The molecular weight excluding hydrogens is 122 g/mol. The van der Waals surface area contributed by atoms with Crippen LogP contribution >= 0.6 is 0 Å². The second kappa shape index (κ2) is 3.61. The van der Waals surface area contributed by atoms with E-state index in [4.69, 9.17) is 5.26 Å². The minimum Gasteiger partial charge on any atom is -0.198 e. The Morgan fingerprint density at radius 2 is 2.10 bits per heavy atom. The number of nitriles is 1. The van der Waals surface area contributed by atoms with Crippen molar-refractivity contribution >= 4 is 0 Å². The molecule has 0 radical (unpaired) electrons. The minimum atomic E-state index is 0.646. The number of hydrogen-bond donors (Lipinski definition) is 0. The van der Waals surface area contributed by atoms with Crippen molar-refractivity contribution in [1.29, 1.82) is 5.26 Å². The van der Waals surface area contributed by atoms with Crippen LogP contribution in [0.4, 0.5) is 0 Å². The van der Waals surface area contributed by atoms with E-state index in [1.165, 1.54) is 25.7 Å². The second-order valence-corrected chi connectivity index (χ2v) is 3.38. The lowest BCUT2D eigenvalue weighted by Gasteiger charge is -2.14. The summed E-state index contributed by atoms with van der Waals surface area (Å²) in [5.41, 5.74) is 0. The molecule has 1 aliphatic rings. The molecule has 1 aliphatic carbocycles. The summed E-state index contributed by atoms with van der Waals surface area (Å²) in [4.78, 5) is 0. The molecule has 1 nitrogen and oxygen atoms in total. The molecule has 0 spiro atoms. The first-order valence-corrected chi connectivity index (χ1v) is 4.21. The Kier molecular flexibility index (Phi) is 2.74. The van der Waals surface area contributed by atoms with Gasteiger partial charge in [-0.1, -0.05) is 32.6 Å². The van der Waals surface area contributed by atoms with Gasteiger partial charge in [0.1, 0.15) is 0 Å². The smallest absolute Gasteiger partial charge is 0.0624 e. The summed E-state index contributed by atoms with van der Waals surface area (Å²) in [7, 11) is 0. The summed E-state index contributed by atoms with van der Waals surface area (Å²) < 4.78 is 0. The van der Waals surface area contributed by atoms with Crippen LogP contribution in [0.25, 0.3) is 0 Å². The molecule has 1 unspecified atom stereocenters. The van der Waals surface area contributed by atoms with Crippen LogP contribution in [-0.2, 0) is 0 Å². The van der Waals surface area contributed by atoms with E-state index in [1.54, 1.807) is 0 Å². The van der Waals surface area contributed by atoms with Crippen LogP contribution < -0.4 is 0 Å². The standard InChI is InChI=1S/C9H15N/c1-8(6-7-10)9-4-2-3-5-9/h8-9H,2-6H2,1H3. The molecule has 0 heterocycles. The van der Waals surface area contributed by atoms with Crippen molar-refractivity contribution < 1.29 is 0 Å². The number of rotatable bonds is 2. The van der Waals surface area contributed by atoms with E-state index in [0.29, 0.717) is 5.92 Å². The normalized spacial score (nSPS) is 22.4. The molecule has 0 N–H and O–H groups in total. The Morgan fingerprint density at radius 1 is 1.50 bits per heavy atom. The molecule has 0 amide bonds. The van der Waals surface area contributed by atoms with Gasteiger partial charge in [-0.3, -0.25) is 0 Å². The van der Waals surface area contributed by atoms with E-state index in [1.807, 2.05) is 0 Å². The summed E-state index contributed by atoms with van der Waals surface area (Å²) in [6, 6.07) is 2.24. The van der Waals surface area contributed by atoms with Crippen molar-refractivity contribution in [3.63, 3.8) is 0 Å². The van der Waals surface area contributed by atoms with Crippen LogP contribution in [0.2, 0.25) is 0 Å². The molecule has 1 saturated carbocycles. The maximum atomic E-state index is 8.45. The zero-order chi connectivity index (χ0) is 7.40. The van der Waals surface area contributed by atoms with Crippen molar-refractivity contribution in [3.05, 3.63) is 0 Å².